The predicted octanol–water partition coefficient (Wildman–Crippen LogP) is 1.38. The van der Waals surface area contributed by atoms with Crippen LogP contribution in [0.25, 0.3) is 21.7 Å². The van der Waals surface area contributed by atoms with Crippen molar-refractivity contribution in [1.29, 1.82) is 0 Å². The van der Waals surface area contributed by atoms with Crippen LogP contribution in [0, 0.1) is 0 Å². The lowest BCUT2D eigenvalue weighted by atomic mass is 9.99. The molecule has 6 aromatic rings. The molecule has 0 aliphatic carbocycles. The number of guanidine groups is 1. The van der Waals surface area contributed by atoms with E-state index in [0.717, 1.165) is 10.8 Å². The van der Waals surface area contributed by atoms with Gasteiger partial charge in [0.2, 0.25) is 41.4 Å². The second-order valence-electron chi connectivity index (χ2n) is 19.4. The summed E-state index contributed by atoms with van der Waals surface area (Å²) in [7, 11) is 0. The minimum atomic E-state index is -1.38. The molecule has 0 unspecified atom stereocenters. The standard InChI is InChI=1S/C54H66N14O7S/c1-4-37(55)46(70)68-44-51(75)66-43(26-34-28-59-29-61-34)50(74)65-41(24-30-13-6-5-7-14-30)48(72)62-39(19-12-22-60-53(57)58)47(71)64-42(25-31-20-21-32-15-8-9-16-33(32)23-31)49(73)63-40(45(56)69)27-36-35-17-10-11-18-38(35)67-52(36)76-54(44,2)3/h5-11,13-18,20-21,23,28-29,37,39-44,67H,4,12,19,22,24-27,55H2,1-3H3,(H2,56,69)(H,59,61)(H,62,72)(H,63,73)(H,64,71)(H,65,74)(H,66,75)(H,68,70)(H4,57,58,60)/t37-,39-,40+,41+,42-,43-,44+/m0/s1. The van der Waals surface area contributed by atoms with Crippen LogP contribution in [-0.2, 0) is 59.2 Å². The van der Waals surface area contributed by atoms with Gasteiger partial charge in [0.15, 0.2) is 5.96 Å². The summed E-state index contributed by atoms with van der Waals surface area (Å²) in [6, 6.07) is 20.3. The maximum atomic E-state index is 15.0. The summed E-state index contributed by atoms with van der Waals surface area (Å²) < 4.78 is -1.26. The number of primary amides is 1. The molecule has 4 aromatic carbocycles. The molecule has 0 saturated carbocycles. The molecule has 0 fully saturated rings. The molecule has 16 N–H and O–H groups in total. The number of hydrogen-bond acceptors (Lipinski definition) is 11. The molecular formula is C54H66N14O7S. The number of fused-ring (bicyclic) bond motifs is 4. The average molecular weight is 1060 g/mol. The van der Waals surface area contributed by atoms with Crippen molar-refractivity contribution in [3.63, 3.8) is 0 Å². The van der Waals surface area contributed by atoms with E-state index < -0.39 is 88.4 Å². The second-order valence-corrected chi connectivity index (χ2v) is 21.0. The van der Waals surface area contributed by atoms with Crippen LogP contribution in [0.1, 0.15) is 62.4 Å². The van der Waals surface area contributed by atoms with E-state index in [1.165, 1.54) is 24.3 Å². The second kappa shape index (κ2) is 25.3. The average Bonchev–Trinajstić information content (AvgIpc) is 4.04. The summed E-state index contributed by atoms with van der Waals surface area (Å²) in [6.45, 7) is 5.27. The van der Waals surface area contributed by atoms with Crippen molar-refractivity contribution in [1.82, 2.24) is 46.9 Å². The quantitative estimate of drug-likeness (QED) is 0.0418. The van der Waals surface area contributed by atoms with Crippen molar-refractivity contribution in [2.45, 2.75) is 118 Å². The highest BCUT2D eigenvalue weighted by atomic mass is 32.2. The maximum Gasteiger partial charge on any atom is 0.244 e. The normalized spacial score (nSPS) is 21.3. The number of H-pyrrole nitrogens is 2. The summed E-state index contributed by atoms with van der Waals surface area (Å²) in [5, 5.41) is 20.1. The van der Waals surface area contributed by atoms with Gasteiger partial charge >= 0.3 is 0 Å². The van der Waals surface area contributed by atoms with E-state index in [1.54, 1.807) is 51.1 Å². The van der Waals surface area contributed by atoms with Crippen LogP contribution in [0.3, 0.4) is 0 Å². The molecule has 7 rings (SSSR count). The van der Waals surface area contributed by atoms with Crippen molar-refractivity contribution >= 4 is 80.7 Å². The minimum Gasteiger partial charge on any atom is -0.370 e. The Morgan fingerprint density at radius 3 is 2.01 bits per heavy atom. The van der Waals surface area contributed by atoms with Gasteiger partial charge in [0.1, 0.15) is 36.3 Å². The Morgan fingerprint density at radius 1 is 0.737 bits per heavy atom. The highest BCUT2D eigenvalue weighted by Gasteiger charge is 2.42. The molecular weight excluding hydrogens is 989 g/mol. The summed E-state index contributed by atoms with van der Waals surface area (Å²) in [5.41, 5.74) is 26.6. The molecule has 0 radical (unpaired) electrons. The number of nitrogens with zero attached hydrogens (tertiary/aromatic N) is 2. The number of amides is 7. The van der Waals surface area contributed by atoms with Crippen molar-refractivity contribution in [2.75, 3.05) is 6.54 Å². The summed E-state index contributed by atoms with van der Waals surface area (Å²) in [6.07, 6.45) is 2.93. The number of para-hydroxylation sites is 1. The zero-order valence-electron chi connectivity index (χ0n) is 42.6. The van der Waals surface area contributed by atoms with Crippen LogP contribution in [-0.4, -0.2) is 116 Å². The van der Waals surface area contributed by atoms with Crippen LogP contribution in [0.5, 0.6) is 0 Å². The molecule has 0 saturated heterocycles. The Labute approximate surface area is 443 Å². The number of nitrogens with two attached hydrogens (primary N) is 4. The number of aliphatic imine (C=N–C) groups is 1. The van der Waals surface area contributed by atoms with Crippen LogP contribution < -0.4 is 54.8 Å². The predicted molar refractivity (Wildman–Crippen MR) is 291 cm³/mol. The lowest BCUT2D eigenvalue weighted by Crippen LogP contribution is -2.63. The van der Waals surface area contributed by atoms with Crippen LogP contribution in [0.4, 0.5) is 0 Å². The van der Waals surface area contributed by atoms with Crippen molar-refractivity contribution in [2.24, 2.45) is 27.9 Å². The van der Waals surface area contributed by atoms with Gasteiger partial charge in [-0.15, -0.1) is 0 Å². The van der Waals surface area contributed by atoms with Gasteiger partial charge < -0.3 is 64.8 Å². The first-order valence-corrected chi connectivity index (χ1v) is 25.9. The number of nitrogens with one attached hydrogen (secondary N) is 8. The van der Waals surface area contributed by atoms with Gasteiger partial charge in [0, 0.05) is 59.8 Å². The molecule has 0 spiro atoms. The highest BCUT2D eigenvalue weighted by Crippen LogP contribution is 2.40. The maximum absolute atomic E-state index is 15.0. The number of rotatable bonds is 14. The van der Waals surface area contributed by atoms with Crippen LogP contribution in [0.2, 0.25) is 0 Å². The van der Waals surface area contributed by atoms with Crippen molar-refractivity contribution < 1.29 is 33.6 Å². The van der Waals surface area contributed by atoms with E-state index in [-0.39, 0.29) is 57.5 Å². The number of aromatic amines is 2. The zero-order chi connectivity index (χ0) is 54.5. The van der Waals surface area contributed by atoms with Crippen molar-refractivity contribution in [3.05, 3.63) is 132 Å². The molecule has 3 heterocycles. The molecule has 22 heteroatoms. The Bertz CT molecular complexity index is 3070. The molecule has 7 atom stereocenters. The lowest BCUT2D eigenvalue weighted by Gasteiger charge is -2.35. The fraction of sp³-hybridized carbons (Fsp3) is 0.352. The molecule has 1 aliphatic heterocycles. The van der Waals surface area contributed by atoms with E-state index in [2.05, 4.69) is 51.8 Å². The Kier molecular flexibility index (Phi) is 18.5. The number of imidazole rings is 1. The molecule has 21 nitrogen and oxygen atoms in total. The third kappa shape index (κ3) is 14.5. The first kappa shape index (κ1) is 55.5. The zero-order valence-corrected chi connectivity index (χ0v) is 43.4. The number of aromatic nitrogens is 3. The number of hydrogen-bond donors (Lipinski definition) is 12. The monoisotopic (exact) mass is 1050 g/mol. The number of carbonyl (C=O) groups excluding carboxylic acids is 7. The topological polar surface area (TPSA) is 353 Å². The summed E-state index contributed by atoms with van der Waals surface area (Å²) in [5.74, 6) is -5.51. The Morgan fingerprint density at radius 2 is 1.34 bits per heavy atom. The SMILES string of the molecule is CC[C@H](N)C(=O)N[C@@H]1C(=O)N[C@@H](Cc2cnc[nH]2)C(=O)N[C@H](Cc2ccccc2)C(=O)N[C@@H](CCCN=C(N)N)C(=O)N[C@@H](Cc2ccc3ccccc3c2)C(=O)N[C@@H](C(N)=O)Cc2c([nH]c3ccccc23)SC1(C)C. The fourth-order valence-corrected chi connectivity index (χ4v) is 10.3. The fourth-order valence-electron chi connectivity index (χ4n) is 9.02. The minimum absolute atomic E-state index is 0.0291. The summed E-state index contributed by atoms with van der Waals surface area (Å²) in [4.78, 5) is 116. The van der Waals surface area contributed by atoms with E-state index in [4.69, 9.17) is 22.9 Å². The van der Waals surface area contributed by atoms with Crippen LogP contribution >= 0.6 is 11.8 Å². The third-order valence-corrected chi connectivity index (χ3v) is 14.5. The van der Waals surface area contributed by atoms with E-state index >= 15 is 0 Å². The number of thioether (sulfide) groups is 1. The molecule has 76 heavy (non-hydrogen) atoms. The molecule has 0 bridgehead atoms. The van der Waals surface area contributed by atoms with E-state index in [1.807, 2.05) is 66.7 Å². The molecule has 1 aliphatic rings. The van der Waals surface area contributed by atoms with Gasteiger partial charge in [-0.3, -0.25) is 38.6 Å². The highest BCUT2D eigenvalue weighted by molar-refractivity contribution is 8.00. The summed E-state index contributed by atoms with van der Waals surface area (Å²) >= 11 is 1.18. The van der Waals surface area contributed by atoms with Crippen LogP contribution in [0.15, 0.2) is 120 Å². The smallest absolute Gasteiger partial charge is 0.244 e. The third-order valence-electron chi connectivity index (χ3n) is 13.2. The number of carbonyl (C=O) groups is 7. The first-order valence-electron chi connectivity index (χ1n) is 25.1. The first-order chi connectivity index (χ1) is 36.4. The van der Waals surface area contributed by atoms with Gasteiger partial charge in [-0.25, -0.2) is 4.98 Å². The van der Waals surface area contributed by atoms with Gasteiger partial charge in [-0.05, 0) is 66.6 Å². The van der Waals surface area contributed by atoms with Gasteiger partial charge in [-0.1, -0.05) is 110 Å². The van der Waals surface area contributed by atoms with Gasteiger partial charge in [-0.2, -0.15) is 0 Å². The molecule has 7 amide bonds. The Hall–Kier alpha value is -8.24. The van der Waals surface area contributed by atoms with E-state index in [0.29, 0.717) is 38.3 Å². The van der Waals surface area contributed by atoms with E-state index in [9.17, 15) is 33.6 Å². The Balaban J connectivity index is 1.36. The molecule has 400 valence electrons. The van der Waals surface area contributed by atoms with Gasteiger partial charge in [0.25, 0.3) is 0 Å². The van der Waals surface area contributed by atoms with Crippen molar-refractivity contribution in [3.8, 4) is 0 Å². The number of benzene rings is 4. The molecule has 2 aromatic heterocycles. The largest absolute Gasteiger partial charge is 0.370 e. The lowest BCUT2D eigenvalue weighted by molar-refractivity contribution is -0.135. The van der Waals surface area contributed by atoms with Gasteiger partial charge in [0.05, 0.1) is 17.4 Å².